The minimum atomic E-state index is -0.957. The lowest BCUT2D eigenvalue weighted by Gasteiger charge is -2.07. The summed E-state index contributed by atoms with van der Waals surface area (Å²) in [5.74, 6) is 0.270. The second-order valence-electron chi connectivity index (χ2n) is 6.69. The number of carbonyl (C=O) groups is 1. The molecule has 136 valence electrons. The zero-order chi connectivity index (χ0) is 19.3. The lowest BCUT2D eigenvalue weighted by Crippen LogP contribution is -2.02. The normalized spacial score (nSPS) is 11.3. The summed E-state index contributed by atoms with van der Waals surface area (Å²) >= 11 is 0. The number of hydrogen-bond acceptors (Lipinski definition) is 5. The van der Waals surface area contributed by atoms with Crippen LogP contribution in [0.1, 0.15) is 32.6 Å². The third-order valence-electron chi connectivity index (χ3n) is 4.99. The van der Waals surface area contributed by atoms with E-state index in [-0.39, 0.29) is 5.56 Å². The minimum Gasteiger partial charge on any atom is -0.478 e. The van der Waals surface area contributed by atoms with Gasteiger partial charge in [0.05, 0.1) is 5.56 Å². The SMILES string of the molecule is Cc1c(C(=O)O)ccc(-c2nc(-c3cc4c(C)ccc(C)c4o3)no2)c1C. The fourth-order valence-electron chi connectivity index (χ4n) is 3.22. The molecule has 0 atom stereocenters. The van der Waals surface area contributed by atoms with E-state index in [1.807, 2.05) is 32.9 Å². The second kappa shape index (κ2) is 6.09. The number of aromatic nitrogens is 2. The van der Waals surface area contributed by atoms with Crippen molar-refractivity contribution in [3.63, 3.8) is 0 Å². The molecule has 27 heavy (non-hydrogen) atoms. The molecule has 0 bridgehead atoms. The molecule has 0 amide bonds. The van der Waals surface area contributed by atoms with Gasteiger partial charge in [-0.3, -0.25) is 0 Å². The summed E-state index contributed by atoms with van der Waals surface area (Å²) in [5.41, 5.74) is 5.41. The van der Waals surface area contributed by atoms with E-state index in [9.17, 15) is 9.90 Å². The van der Waals surface area contributed by atoms with Crippen molar-refractivity contribution in [3.05, 3.63) is 58.1 Å². The zero-order valence-electron chi connectivity index (χ0n) is 15.5. The van der Waals surface area contributed by atoms with E-state index < -0.39 is 5.97 Å². The van der Waals surface area contributed by atoms with Gasteiger partial charge in [-0.05, 0) is 68.1 Å². The monoisotopic (exact) mass is 362 g/mol. The summed E-state index contributed by atoms with van der Waals surface area (Å²) in [7, 11) is 0. The number of furan rings is 1. The van der Waals surface area contributed by atoms with Gasteiger partial charge in [0.15, 0.2) is 5.76 Å². The van der Waals surface area contributed by atoms with E-state index in [1.54, 1.807) is 19.1 Å². The van der Waals surface area contributed by atoms with E-state index in [1.165, 1.54) is 0 Å². The molecule has 0 spiro atoms. The first-order chi connectivity index (χ1) is 12.9. The highest BCUT2D eigenvalue weighted by atomic mass is 16.5. The summed E-state index contributed by atoms with van der Waals surface area (Å²) in [6, 6.07) is 9.23. The van der Waals surface area contributed by atoms with Gasteiger partial charge >= 0.3 is 5.97 Å². The molecule has 0 aliphatic heterocycles. The molecule has 2 heterocycles. The fourth-order valence-corrected chi connectivity index (χ4v) is 3.22. The average Bonchev–Trinajstić information content (AvgIpc) is 3.27. The first kappa shape index (κ1) is 17.0. The van der Waals surface area contributed by atoms with Crippen LogP contribution in [0, 0.1) is 27.7 Å². The molecule has 4 aromatic rings. The number of hydrogen-bond donors (Lipinski definition) is 1. The van der Waals surface area contributed by atoms with E-state index in [0.29, 0.717) is 28.6 Å². The third-order valence-corrected chi connectivity index (χ3v) is 4.99. The quantitative estimate of drug-likeness (QED) is 0.546. The summed E-state index contributed by atoms with van der Waals surface area (Å²) < 4.78 is 11.4. The third kappa shape index (κ3) is 2.70. The van der Waals surface area contributed by atoms with Gasteiger partial charge in [0, 0.05) is 10.9 Å². The molecule has 0 unspecified atom stereocenters. The van der Waals surface area contributed by atoms with Crippen molar-refractivity contribution in [3.8, 4) is 23.0 Å². The molecule has 0 fully saturated rings. The number of benzene rings is 2. The Morgan fingerprint density at radius 2 is 1.74 bits per heavy atom. The lowest BCUT2D eigenvalue weighted by atomic mass is 9.98. The van der Waals surface area contributed by atoms with Crippen LogP contribution in [-0.4, -0.2) is 21.2 Å². The van der Waals surface area contributed by atoms with Gasteiger partial charge in [-0.2, -0.15) is 4.98 Å². The van der Waals surface area contributed by atoms with Crippen LogP contribution in [0.2, 0.25) is 0 Å². The number of aryl methyl sites for hydroxylation is 2. The van der Waals surface area contributed by atoms with Gasteiger partial charge in [0.1, 0.15) is 5.58 Å². The molecule has 0 saturated heterocycles. The predicted octanol–water partition coefficient (Wildman–Crippen LogP) is 5.08. The maximum Gasteiger partial charge on any atom is 0.335 e. The molecule has 1 N–H and O–H groups in total. The Balaban J connectivity index is 1.79. The van der Waals surface area contributed by atoms with Crippen molar-refractivity contribution in [1.82, 2.24) is 10.1 Å². The van der Waals surface area contributed by atoms with Crippen molar-refractivity contribution in [2.45, 2.75) is 27.7 Å². The van der Waals surface area contributed by atoms with E-state index in [2.05, 4.69) is 16.2 Å². The Hall–Kier alpha value is -3.41. The highest BCUT2D eigenvalue weighted by molar-refractivity contribution is 5.91. The Morgan fingerprint density at radius 1 is 1.00 bits per heavy atom. The molecule has 2 aromatic heterocycles. The molecule has 4 rings (SSSR count). The highest BCUT2D eigenvalue weighted by Crippen LogP contribution is 2.32. The summed E-state index contributed by atoms with van der Waals surface area (Å²) in [6.07, 6.45) is 0. The smallest absolute Gasteiger partial charge is 0.335 e. The van der Waals surface area contributed by atoms with Crippen LogP contribution >= 0.6 is 0 Å². The molecule has 0 aliphatic carbocycles. The highest BCUT2D eigenvalue weighted by Gasteiger charge is 2.19. The van der Waals surface area contributed by atoms with Crippen molar-refractivity contribution in [2.24, 2.45) is 0 Å². The molecule has 0 radical (unpaired) electrons. The molecule has 6 nitrogen and oxygen atoms in total. The number of aromatic carboxylic acids is 1. The largest absolute Gasteiger partial charge is 0.478 e. The molecular formula is C21H18N2O4. The maximum atomic E-state index is 11.3. The second-order valence-corrected chi connectivity index (χ2v) is 6.69. The fraction of sp³-hybridized carbons (Fsp3) is 0.190. The van der Waals surface area contributed by atoms with Crippen LogP contribution in [-0.2, 0) is 0 Å². The number of carboxylic acids is 1. The zero-order valence-corrected chi connectivity index (χ0v) is 15.5. The Labute approximate surface area is 155 Å². The molecule has 0 saturated carbocycles. The van der Waals surface area contributed by atoms with Crippen LogP contribution in [0.3, 0.4) is 0 Å². The number of fused-ring (bicyclic) bond motifs is 1. The van der Waals surface area contributed by atoms with Crippen LogP contribution in [0.4, 0.5) is 0 Å². The minimum absolute atomic E-state index is 0.263. The van der Waals surface area contributed by atoms with Crippen LogP contribution in [0.5, 0.6) is 0 Å². The predicted molar refractivity (Wildman–Crippen MR) is 101 cm³/mol. The van der Waals surface area contributed by atoms with Crippen LogP contribution in [0.25, 0.3) is 34.0 Å². The molecule has 0 aliphatic rings. The van der Waals surface area contributed by atoms with E-state index in [4.69, 9.17) is 8.94 Å². The van der Waals surface area contributed by atoms with Crippen molar-refractivity contribution >= 4 is 16.9 Å². The molecular weight excluding hydrogens is 344 g/mol. The first-order valence-corrected chi connectivity index (χ1v) is 8.54. The maximum absolute atomic E-state index is 11.3. The molecule has 6 heteroatoms. The van der Waals surface area contributed by atoms with E-state index >= 15 is 0 Å². The van der Waals surface area contributed by atoms with Gasteiger partial charge in [0.2, 0.25) is 5.82 Å². The van der Waals surface area contributed by atoms with Gasteiger partial charge in [-0.1, -0.05) is 17.3 Å². The Bertz CT molecular complexity index is 1160. The summed E-state index contributed by atoms with van der Waals surface area (Å²) in [6.45, 7) is 7.63. The Morgan fingerprint density at radius 3 is 2.44 bits per heavy atom. The van der Waals surface area contributed by atoms with Gasteiger partial charge in [0.25, 0.3) is 5.89 Å². The summed E-state index contributed by atoms with van der Waals surface area (Å²) in [4.78, 5) is 15.8. The van der Waals surface area contributed by atoms with Gasteiger partial charge in [-0.15, -0.1) is 0 Å². The van der Waals surface area contributed by atoms with Crippen molar-refractivity contribution in [2.75, 3.05) is 0 Å². The van der Waals surface area contributed by atoms with Crippen molar-refractivity contribution in [1.29, 1.82) is 0 Å². The Kier molecular flexibility index (Phi) is 3.84. The average molecular weight is 362 g/mol. The van der Waals surface area contributed by atoms with Crippen LogP contribution < -0.4 is 0 Å². The van der Waals surface area contributed by atoms with Gasteiger partial charge < -0.3 is 14.0 Å². The number of carboxylic acid groups (broad SMARTS) is 1. The first-order valence-electron chi connectivity index (χ1n) is 8.54. The van der Waals surface area contributed by atoms with Crippen molar-refractivity contribution < 1.29 is 18.8 Å². The lowest BCUT2D eigenvalue weighted by molar-refractivity contribution is 0.0696. The number of nitrogens with zero attached hydrogens (tertiary/aromatic N) is 2. The standard InChI is InChI=1S/C21H18N2O4/c1-10-5-6-11(2)18-16(10)9-17(26-18)19-22-20(27-23-19)14-7-8-15(21(24)25)13(4)12(14)3/h5-9H,1-4H3,(H,24,25). The summed E-state index contributed by atoms with van der Waals surface area (Å²) in [5, 5.41) is 14.3. The van der Waals surface area contributed by atoms with Crippen LogP contribution in [0.15, 0.2) is 39.3 Å². The number of rotatable bonds is 3. The molecule has 2 aromatic carbocycles. The van der Waals surface area contributed by atoms with E-state index in [0.717, 1.165) is 27.7 Å². The topological polar surface area (TPSA) is 89.4 Å². The van der Waals surface area contributed by atoms with Gasteiger partial charge in [-0.25, -0.2) is 4.79 Å².